The van der Waals surface area contributed by atoms with Crippen LogP contribution in [0.2, 0.25) is 0 Å². The minimum atomic E-state index is -0.672. The average Bonchev–Trinajstić information content (AvgIpc) is 2.40. The Morgan fingerprint density at radius 2 is 2.00 bits per heavy atom. The third-order valence-corrected chi connectivity index (χ3v) is 2.85. The summed E-state index contributed by atoms with van der Waals surface area (Å²) in [4.78, 5) is 23.7. The summed E-state index contributed by atoms with van der Waals surface area (Å²) >= 11 is 0. The molecule has 0 aliphatic heterocycles. The van der Waals surface area contributed by atoms with Crippen LogP contribution in [0.5, 0.6) is 5.75 Å². The second-order valence-electron chi connectivity index (χ2n) is 4.35. The fraction of sp³-hybridized carbons (Fsp3) is 0.200. The van der Waals surface area contributed by atoms with Gasteiger partial charge < -0.3 is 14.8 Å². The Hall–Kier alpha value is -2.56. The Balaban J connectivity index is 2.53. The molecule has 0 saturated carbocycles. The summed E-state index contributed by atoms with van der Waals surface area (Å²) in [5, 5.41) is 12.7. The zero-order chi connectivity index (χ0) is 14.7. The molecular formula is C15H15NO4. The lowest BCUT2D eigenvalue weighted by atomic mass is 10.1. The molecule has 1 aromatic carbocycles. The van der Waals surface area contributed by atoms with Crippen LogP contribution in [0.4, 0.5) is 11.4 Å². The first-order chi connectivity index (χ1) is 9.52. The van der Waals surface area contributed by atoms with Crippen molar-refractivity contribution >= 4 is 17.2 Å². The van der Waals surface area contributed by atoms with Gasteiger partial charge in [-0.05, 0) is 19.1 Å². The van der Waals surface area contributed by atoms with E-state index in [-0.39, 0.29) is 23.5 Å². The lowest BCUT2D eigenvalue weighted by molar-refractivity contribution is 0.0985. The number of hydrogen-bond donors (Lipinski definition) is 2. The molecule has 0 saturated heterocycles. The maximum absolute atomic E-state index is 11.9. The van der Waals surface area contributed by atoms with Crippen molar-refractivity contribution < 1.29 is 14.3 Å². The molecule has 0 spiro atoms. The van der Waals surface area contributed by atoms with Gasteiger partial charge in [0.2, 0.25) is 0 Å². The number of carbonyl (C=O) groups is 1. The smallest absolute Gasteiger partial charge is 0.348 e. The van der Waals surface area contributed by atoms with Crippen molar-refractivity contribution in [3.05, 3.63) is 52.1 Å². The molecule has 104 valence electrons. The standard InChI is InChI=1S/C15H15NO4/c1-3-12(17)14-11(8-9(2)20-15(14)19)16-10-6-4-5-7-13(10)18/h4-8,16,18H,3H2,1-2H3. The van der Waals surface area contributed by atoms with Crippen molar-refractivity contribution in [1.29, 1.82) is 0 Å². The minimum absolute atomic E-state index is 0.0265. The van der Waals surface area contributed by atoms with Gasteiger partial charge in [0.1, 0.15) is 17.1 Å². The summed E-state index contributed by atoms with van der Waals surface area (Å²) in [7, 11) is 0. The van der Waals surface area contributed by atoms with Gasteiger partial charge in [0.05, 0.1) is 11.4 Å². The van der Waals surface area contributed by atoms with Gasteiger partial charge in [-0.3, -0.25) is 4.79 Å². The highest BCUT2D eigenvalue weighted by atomic mass is 16.4. The number of aryl methyl sites for hydroxylation is 1. The van der Waals surface area contributed by atoms with Gasteiger partial charge >= 0.3 is 5.63 Å². The third kappa shape index (κ3) is 2.71. The molecule has 5 heteroatoms. The fourth-order valence-electron chi connectivity index (χ4n) is 1.88. The number of rotatable bonds is 4. The molecule has 0 atom stereocenters. The largest absolute Gasteiger partial charge is 0.506 e. The molecule has 0 amide bonds. The number of Topliss-reactive ketones (excluding diaryl/α,β-unsaturated/α-hetero) is 1. The fourth-order valence-corrected chi connectivity index (χ4v) is 1.88. The Labute approximate surface area is 115 Å². The van der Waals surface area contributed by atoms with E-state index in [0.29, 0.717) is 17.1 Å². The normalized spacial score (nSPS) is 10.3. The number of benzene rings is 1. The summed E-state index contributed by atoms with van der Waals surface area (Å²) in [6, 6.07) is 8.16. The first kappa shape index (κ1) is 13.9. The van der Waals surface area contributed by atoms with Crippen molar-refractivity contribution in [3.8, 4) is 5.75 Å². The summed E-state index contributed by atoms with van der Waals surface area (Å²) in [6.07, 6.45) is 0.198. The molecule has 0 bridgehead atoms. The van der Waals surface area contributed by atoms with Crippen LogP contribution >= 0.6 is 0 Å². The molecule has 2 N–H and O–H groups in total. The van der Waals surface area contributed by atoms with Crippen LogP contribution in [0.3, 0.4) is 0 Å². The maximum atomic E-state index is 11.9. The summed E-state index contributed by atoms with van der Waals surface area (Å²) < 4.78 is 4.96. The van der Waals surface area contributed by atoms with Crippen molar-refractivity contribution in [2.24, 2.45) is 0 Å². The number of para-hydroxylation sites is 2. The lowest BCUT2D eigenvalue weighted by Crippen LogP contribution is -2.16. The van der Waals surface area contributed by atoms with Gasteiger partial charge in [-0.25, -0.2) is 4.79 Å². The van der Waals surface area contributed by atoms with Gasteiger partial charge in [0, 0.05) is 12.5 Å². The van der Waals surface area contributed by atoms with Crippen LogP contribution in [0.15, 0.2) is 39.5 Å². The van der Waals surface area contributed by atoms with Crippen LogP contribution in [-0.4, -0.2) is 10.9 Å². The molecular weight excluding hydrogens is 258 g/mol. The Bertz CT molecular complexity index is 703. The van der Waals surface area contributed by atoms with Crippen LogP contribution in [-0.2, 0) is 0 Å². The SMILES string of the molecule is CCC(=O)c1c(Nc2ccccc2O)cc(C)oc1=O. The number of nitrogens with one attached hydrogen (secondary N) is 1. The predicted molar refractivity (Wildman–Crippen MR) is 75.7 cm³/mol. The molecule has 0 aliphatic carbocycles. The van der Waals surface area contributed by atoms with E-state index >= 15 is 0 Å². The zero-order valence-electron chi connectivity index (χ0n) is 11.3. The first-order valence-corrected chi connectivity index (χ1v) is 6.26. The van der Waals surface area contributed by atoms with E-state index in [9.17, 15) is 14.7 Å². The van der Waals surface area contributed by atoms with Gasteiger partial charge in [-0.15, -0.1) is 0 Å². The second kappa shape index (κ2) is 5.61. The number of anilines is 2. The number of ketones is 1. The van der Waals surface area contributed by atoms with Crippen molar-refractivity contribution in [2.75, 3.05) is 5.32 Å². The van der Waals surface area contributed by atoms with E-state index in [4.69, 9.17) is 4.42 Å². The third-order valence-electron chi connectivity index (χ3n) is 2.85. The molecule has 2 rings (SSSR count). The summed E-state index contributed by atoms with van der Waals surface area (Å²) in [6.45, 7) is 3.29. The molecule has 5 nitrogen and oxygen atoms in total. The highest BCUT2D eigenvalue weighted by Crippen LogP contribution is 2.27. The quantitative estimate of drug-likeness (QED) is 0.661. The van der Waals surface area contributed by atoms with Crippen LogP contribution in [0.25, 0.3) is 0 Å². The molecule has 20 heavy (non-hydrogen) atoms. The van der Waals surface area contributed by atoms with Crippen molar-refractivity contribution in [2.45, 2.75) is 20.3 Å². The van der Waals surface area contributed by atoms with Gasteiger partial charge in [0.25, 0.3) is 0 Å². The monoisotopic (exact) mass is 273 g/mol. The number of phenols is 1. The maximum Gasteiger partial charge on any atom is 0.348 e. The van der Waals surface area contributed by atoms with Crippen LogP contribution < -0.4 is 10.9 Å². The van der Waals surface area contributed by atoms with Gasteiger partial charge in [-0.1, -0.05) is 19.1 Å². The van der Waals surface area contributed by atoms with Crippen LogP contribution in [0, 0.1) is 6.92 Å². The minimum Gasteiger partial charge on any atom is -0.506 e. The average molecular weight is 273 g/mol. The molecule has 0 unspecified atom stereocenters. The van der Waals surface area contributed by atoms with Crippen molar-refractivity contribution in [3.63, 3.8) is 0 Å². The Morgan fingerprint density at radius 3 is 2.65 bits per heavy atom. The van der Waals surface area contributed by atoms with E-state index in [1.54, 1.807) is 38.1 Å². The number of carbonyl (C=O) groups excluding carboxylic acids is 1. The Kier molecular flexibility index (Phi) is 3.89. The van der Waals surface area contributed by atoms with E-state index in [2.05, 4.69) is 5.32 Å². The van der Waals surface area contributed by atoms with E-state index < -0.39 is 5.63 Å². The predicted octanol–water partition coefficient (Wildman–Crippen LogP) is 2.99. The highest BCUT2D eigenvalue weighted by Gasteiger charge is 2.17. The molecule has 1 heterocycles. The van der Waals surface area contributed by atoms with E-state index in [0.717, 1.165) is 0 Å². The highest BCUT2D eigenvalue weighted by molar-refractivity contribution is 6.01. The molecule has 0 radical (unpaired) electrons. The number of aromatic hydroxyl groups is 1. The first-order valence-electron chi connectivity index (χ1n) is 6.26. The topological polar surface area (TPSA) is 79.5 Å². The van der Waals surface area contributed by atoms with E-state index in [1.165, 1.54) is 6.07 Å². The van der Waals surface area contributed by atoms with E-state index in [1.807, 2.05) is 0 Å². The Morgan fingerprint density at radius 1 is 1.30 bits per heavy atom. The number of hydrogen-bond acceptors (Lipinski definition) is 5. The number of phenolic OH excluding ortho intramolecular Hbond substituents is 1. The zero-order valence-corrected chi connectivity index (χ0v) is 11.3. The lowest BCUT2D eigenvalue weighted by Gasteiger charge is -2.11. The molecule has 0 fully saturated rings. The van der Waals surface area contributed by atoms with Crippen LogP contribution in [0.1, 0.15) is 29.5 Å². The molecule has 2 aromatic rings. The molecule has 0 aliphatic rings. The summed E-state index contributed by atoms with van der Waals surface area (Å²) in [5.41, 5.74) is 0.0610. The van der Waals surface area contributed by atoms with Gasteiger partial charge in [-0.2, -0.15) is 0 Å². The van der Waals surface area contributed by atoms with Crippen molar-refractivity contribution in [1.82, 2.24) is 0 Å². The van der Waals surface area contributed by atoms with Gasteiger partial charge in [0.15, 0.2) is 5.78 Å². The molecule has 1 aromatic heterocycles. The second-order valence-corrected chi connectivity index (χ2v) is 4.35. The summed E-state index contributed by atoms with van der Waals surface area (Å²) in [5.74, 6) is 0.116.